The van der Waals surface area contributed by atoms with E-state index < -0.39 is 0 Å². The van der Waals surface area contributed by atoms with Crippen LogP contribution in [0.4, 0.5) is 0 Å². The molecule has 0 amide bonds. The molecule has 0 radical (unpaired) electrons. The van der Waals surface area contributed by atoms with Gasteiger partial charge in [-0.05, 0) is 6.42 Å². The van der Waals surface area contributed by atoms with E-state index in [1.807, 2.05) is 13.8 Å². The first kappa shape index (κ1) is 10.9. The Hall–Kier alpha value is -1.19. The number of nitrogens with zero attached hydrogens (tertiary/aromatic N) is 2. The summed E-state index contributed by atoms with van der Waals surface area (Å²) in [5.41, 5.74) is 0. The second-order valence-electron chi connectivity index (χ2n) is 3.65. The highest BCUT2D eigenvalue weighted by Crippen LogP contribution is 2.05. The van der Waals surface area contributed by atoms with E-state index in [-0.39, 0.29) is 18.1 Å². The Balaban J connectivity index is 2.55. The number of aryl methyl sites for hydroxylation is 1. The normalized spacial score (nSPS) is 10.9. The van der Waals surface area contributed by atoms with Crippen LogP contribution in [-0.4, -0.2) is 15.9 Å². The van der Waals surface area contributed by atoms with Crippen LogP contribution in [0, 0.1) is 5.92 Å². The number of carbonyl (C=O) groups is 1. The van der Waals surface area contributed by atoms with Crippen LogP contribution in [0.25, 0.3) is 0 Å². The van der Waals surface area contributed by atoms with Crippen molar-refractivity contribution in [3.63, 3.8) is 0 Å². The predicted molar refractivity (Wildman–Crippen MR) is 51.8 cm³/mol. The zero-order chi connectivity index (χ0) is 10.6. The molecule has 0 spiro atoms. The number of aromatic nitrogens is 2. The molecule has 0 saturated carbocycles. The van der Waals surface area contributed by atoms with Gasteiger partial charge in [0.05, 0.1) is 6.42 Å². The molecule has 0 aliphatic rings. The molecule has 0 N–H and O–H groups in total. The second-order valence-corrected chi connectivity index (χ2v) is 3.65. The van der Waals surface area contributed by atoms with Crippen molar-refractivity contribution in [2.45, 2.75) is 40.0 Å². The van der Waals surface area contributed by atoms with Gasteiger partial charge in [0.1, 0.15) is 5.78 Å². The molecule has 4 nitrogen and oxygen atoms in total. The molecule has 0 aliphatic heterocycles. The molecular weight excluding hydrogens is 180 g/mol. The topological polar surface area (TPSA) is 56.0 Å². The van der Waals surface area contributed by atoms with Crippen molar-refractivity contribution < 1.29 is 9.32 Å². The first-order valence-corrected chi connectivity index (χ1v) is 4.97. The molecular formula is C10H16N2O2. The van der Waals surface area contributed by atoms with E-state index in [0.717, 1.165) is 12.8 Å². The maximum atomic E-state index is 11.4. The molecule has 4 heteroatoms. The third-order valence-corrected chi connectivity index (χ3v) is 1.95. The van der Waals surface area contributed by atoms with Crippen molar-refractivity contribution >= 4 is 5.78 Å². The van der Waals surface area contributed by atoms with E-state index in [9.17, 15) is 4.79 Å². The number of hydrogen-bond acceptors (Lipinski definition) is 4. The van der Waals surface area contributed by atoms with E-state index >= 15 is 0 Å². The average Bonchev–Trinajstić information content (AvgIpc) is 2.53. The Morgan fingerprint density at radius 3 is 2.79 bits per heavy atom. The standard InChI is InChI=1S/C10H16N2O2/c1-4-5-9-11-10(14-12-9)6-8(13)7(2)3/h7H,4-6H2,1-3H3. The summed E-state index contributed by atoms with van der Waals surface area (Å²) in [6, 6.07) is 0. The Bertz CT molecular complexity index is 305. The number of hydrogen-bond donors (Lipinski definition) is 0. The Kier molecular flexibility index (Phi) is 3.80. The lowest BCUT2D eigenvalue weighted by Gasteiger charge is -1.98. The zero-order valence-electron chi connectivity index (χ0n) is 8.91. The first-order chi connectivity index (χ1) is 6.63. The van der Waals surface area contributed by atoms with Crippen molar-refractivity contribution in [2.75, 3.05) is 0 Å². The summed E-state index contributed by atoms with van der Waals surface area (Å²) >= 11 is 0. The third-order valence-electron chi connectivity index (χ3n) is 1.95. The van der Waals surface area contributed by atoms with Gasteiger partial charge in [0.2, 0.25) is 5.89 Å². The van der Waals surface area contributed by atoms with E-state index in [4.69, 9.17) is 4.52 Å². The van der Waals surface area contributed by atoms with Crippen LogP contribution in [-0.2, 0) is 17.6 Å². The summed E-state index contributed by atoms with van der Waals surface area (Å²) in [6.07, 6.45) is 2.05. The fourth-order valence-corrected chi connectivity index (χ4v) is 1.04. The minimum atomic E-state index is 0.0246. The van der Waals surface area contributed by atoms with E-state index in [1.54, 1.807) is 0 Å². The van der Waals surface area contributed by atoms with E-state index in [1.165, 1.54) is 0 Å². The van der Waals surface area contributed by atoms with Crippen molar-refractivity contribution in [2.24, 2.45) is 5.92 Å². The lowest BCUT2D eigenvalue weighted by atomic mass is 10.1. The van der Waals surface area contributed by atoms with Crippen LogP contribution >= 0.6 is 0 Å². The lowest BCUT2D eigenvalue weighted by molar-refractivity contribution is -0.121. The van der Waals surface area contributed by atoms with Gasteiger partial charge in [-0.2, -0.15) is 4.98 Å². The SMILES string of the molecule is CCCc1noc(CC(=O)C(C)C)n1. The maximum Gasteiger partial charge on any atom is 0.234 e. The summed E-state index contributed by atoms with van der Waals surface area (Å²) in [4.78, 5) is 15.5. The fourth-order valence-electron chi connectivity index (χ4n) is 1.04. The van der Waals surface area contributed by atoms with Crippen molar-refractivity contribution in [1.82, 2.24) is 10.1 Å². The minimum Gasteiger partial charge on any atom is -0.339 e. The van der Waals surface area contributed by atoms with E-state index in [0.29, 0.717) is 11.7 Å². The molecule has 0 atom stereocenters. The molecule has 1 rings (SSSR count). The van der Waals surface area contributed by atoms with Gasteiger partial charge >= 0.3 is 0 Å². The maximum absolute atomic E-state index is 11.4. The lowest BCUT2D eigenvalue weighted by Crippen LogP contribution is -2.10. The van der Waals surface area contributed by atoms with Crippen molar-refractivity contribution in [3.8, 4) is 0 Å². The van der Waals surface area contributed by atoms with Gasteiger partial charge in [-0.1, -0.05) is 25.9 Å². The highest BCUT2D eigenvalue weighted by atomic mass is 16.5. The molecule has 0 aromatic carbocycles. The molecule has 0 aliphatic carbocycles. The summed E-state index contributed by atoms with van der Waals surface area (Å²) in [5, 5.41) is 3.78. The minimum absolute atomic E-state index is 0.0246. The molecule has 0 fully saturated rings. The van der Waals surface area contributed by atoms with Crippen LogP contribution in [0.15, 0.2) is 4.52 Å². The smallest absolute Gasteiger partial charge is 0.234 e. The molecule has 0 saturated heterocycles. The highest BCUT2D eigenvalue weighted by molar-refractivity contribution is 5.81. The van der Waals surface area contributed by atoms with Crippen LogP contribution in [0.2, 0.25) is 0 Å². The molecule has 0 bridgehead atoms. The van der Waals surface area contributed by atoms with E-state index in [2.05, 4.69) is 17.1 Å². The highest BCUT2D eigenvalue weighted by Gasteiger charge is 2.13. The Morgan fingerprint density at radius 2 is 2.21 bits per heavy atom. The summed E-state index contributed by atoms with van der Waals surface area (Å²) in [5.74, 6) is 1.29. The van der Waals surface area contributed by atoms with Gasteiger partial charge in [-0.25, -0.2) is 0 Å². The van der Waals surface area contributed by atoms with Crippen LogP contribution in [0.5, 0.6) is 0 Å². The average molecular weight is 196 g/mol. The quantitative estimate of drug-likeness (QED) is 0.720. The van der Waals surface area contributed by atoms with Gasteiger partial charge in [0.25, 0.3) is 0 Å². The molecule has 1 aromatic rings. The number of carbonyl (C=O) groups excluding carboxylic acids is 1. The van der Waals surface area contributed by atoms with Crippen LogP contribution in [0.3, 0.4) is 0 Å². The second kappa shape index (κ2) is 4.88. The summed E-state index contributed by atoms with van der Waals surface area (Å²) in [6.45, 7) is 5.78. The van der Waals surface area contributed by atoms with Gasteiger partial charge in [-0.15, -0.1) is 0 Å². The van der Waals surface area contributed by atoms with Gasteiger partial charge in [0.15, 0.2) is 5.82 Å². The Morgan fingerprint density at radius 1 is 1.50 bits per heavy atom. The predicted octanol–water partition coefficient (Wildman–Crippen LogP) is 1.79. The number of rotatable bonds is 5. The van der Waals surface area contributed by atoms with Crippen LogP contribution < -0.4 is 0 Å². The van der Waals surface area contributed by atoms with Crippen molar-refractivity contribution in [3.05, 3.63) is 11.7 Å². The van der Waals surface area contributed by atoms with Gasteiger partial charge in [0, 0.05) is 12.3 Å². The molecule has 1 heterocycles. The Labute approximate surface area is 83.7 Å². The van der Waals surface area contributed by atoms with Crippen LogP contribution in [0.1, 0.15) is 38.9 Å². The summed E-state index contributed by atoms with van der Waals surface area (Å²) < 4.78 is 4.96. The van der Waals surface area contributed by atoms with Gasteiger partial charge in [-0.3, -0.25) is 4.79 Å². The third kappa shape index (κ3) is 2.94. The molecule has 14 heavy (non-hydrogen) atoms. The molecule has 0 unspecified atom stereocenters. The number of ketones is 1. The largest absolute Gasteiger partial charge is 0.339 e. The number of Topliss-reactive ketones (excluding diaryl/α,β-unsaturated/α-hetero) is 1. The summed E-state index contributed by atoms with van der Waals surface area (Å²) in [7, 11) is 0. The first-order valence-electron chi connectivity index (χ1n) is 4.97. The molecule has 1 aromatic heterocycles. The monoisotopic (exact) mass is 196 g/mol. The van der Waals surface area contributed by atoms with Crippen molar-refractivity contribution in [1.29, 1.82) is 0 Å². The molecule has 78 valence electrons. The zero-order valence-corrected chi connectivity index (χ0v) is 8.91. The fraction of sp³-hybridized carbons (Fsp3) is 0.700. The van der Waals surface area contributed by atoms with Gasteiger partial charge < -0.3 is 4.52 Å².